The molecule has 0 saturated heterocycles. The van der Waals surface area contributed by atoms with Gasteiger partial charge in [0.05, 0.1) is 11.4 Å². The first kappa shape index (κ1) is 15.5. The molecule has 1 aliphatic rings. The van der Waals surface area contributed by atoms with E-state index >= 15 is 0 Å². The van der Waals surface area contributed by atoms with E-state index in [-0.39, 0.29) is 6.09 Å². The first-order chi connectivity index (χ1) is 10.8. The zero-order valence-corrected chi connectivity index (χ0v) is 14.0. The molecule has 0 bridgehead atoms. The fourth-order valence-electron chi connectivity index (χ4n) is 2.71. The van der Waals surface area contributed by atoms with Crippen molar-refractivity contribution in [1.82, 2.24) is 9.55 Å². The van der Waals surface area contributed by atoms with Gasteiger partial charge < -0.3 is 4.74 Å². The van der Waals surface area contributed by atoms with Gasteiger partial charge in [0, 0.05) is 5.56 Å². The first-order valence-corrected chi connectivity index (χ1v) is 7.94. The Hall–Kier alpha value is -2.36. The number of carbonyl (C=O) groups is 1. The van der Waals surface area contributed by atoms with Crippen LogP contribution in [0.25, 0.3) is 17.5 Å². The summed E-state index contributed by atoms with van der Waals surface area (Å²) in [6.45, 7) is 7.76. The predicted molar refractivity (Wildman–Crippen MR) is 91.2 cm³/mol. The van der Waals surface area contributed by atoms with Crippen LogP contribution < -0.4 is 0 Å². The minimum atomic E-state index is -0.543. The SMILES string of the molecule is CC1C=Cc2nc(-c3ccccc3)n(C(=O)OC(C)(C)C)c2C1. The molecule has 23 heavy (non-hydrogen) atoms. The summed E-state index contributed by atoms with van der Waals surface area (Å²) in [5, 5.41) is 0. The van der Waals surface area contributed by atoms with E-state index in [2.05, 4.69) is 18.0 Å². The molecule has 1 atom stereocenters. The van der Waals surface area contributed by atoms with Gasteiger partial charge in [0.2, 0.25) is 0 Å². The quantitative estimate of drug-likeness (QED) is 0.777. The lowest BCUT2D eigenvalue weighted by atomic mass is 9.98. The lowest BCUT2D eigenvalue weighted by Gasteiger charge is -2.22. The molecule has 0 amide bonds. The fourth-order valence-corrected chi connectivity index (χ4v) is 2.71. The molecule has 1 aromatic heterocycles. The number of benzene rings is 1. The number of hydrogen-bond acceptors (Lipinski definition) is 3. The maximum atomic E-state index is 12.8. The second-order valence-electron chi connectivity index (χ2n) is 6.99. The van der Waals surface area contributed by atoms with Gasteiger partial charge >= 0.3 is 6.09 Å². The first-order valence-electron chi connectivity index (χ1n) is 7.94. The number of allylic oxidation sites excluding steroid dienone is 1. The van der Waals surface area contributed by atoms with Crippen LogP contribution in [0.4, 0.5) is 4.79 Å². The number of aromatic nitrogens is 2. The number of nitrogens with zero attached hydrogens (tertiary/aromatic N) is 2. The van der Waals surface area contributed by atoms with E-state index < -0.39 is 5.60 Å². The third-order valence-corrected chi connectivity index (χ3v) is 3.71. The van der Waals surface area contributed by atoms with Crippen LogP contribution in [0.1, 0.15) is 39.1 Å². The topological polar surface area (TPSA) is 44.1 Å². The summed E-state index contributed by atoms with van der Waals surface area (Å²) < 4.78 is 7.24. The summed E-state index contributed by atoms with van der Waals surface area (Å²) in [6.07, 6.45) is 4.54. The Bertz CT molecular complexity index is 752. The van der Waals surface area contributed by atoms with E-state index in [0.29, 0.717) is 11.7 Å². The maximum absolute atomic E-state index is 12.8. The summed E-state index contributed by atoms with van der Waals surface area (Å²) in [7, 11) is 0. The van der Waals surface area contributed by atoms with Gasteiger partial charge in [0.1, 0.15) is 11.4 Å². The van der Waals surface area contributed by atoms with Crippen molar-refractivity contribution in [3.63, 3.8) is 0 Å². The molecule has 120 valence electrons. The second-order valence-corrected chi connectivity index (χ2v) is 6.99. The van der Waals surface area contributed by atoms with Crippen LogP contribution in [-0.4, -0.2) is 21.2 Å². The molecule has 1 heterocycles. The van der Waals surface area contributed by atoms with Gasteiger partial charge in [-0.15, -0.1) is 0 Å². The minimum Gasteiger partial charge on any atom is -0.443 e. The molecule has 0 spiro atoms. The van der Waals surface area contributed by atoms with Crippen molar-refractivity contribution in [1.29, 1.82) is 0 Å². The lowest BCUT2D eigenvalue weighted by Crippen LogP contribution is -2.29. The molecule has 0 radical (unpaired) electrons. The van der Waals surface area contributed by atoms with Gasteiger partial charge in [-0.3, -0.25) is 0 Å². The summed E-state index contributed by atoms with van der Waals surface area (Å²) in [5.41, 5.74) is 2.15. The number of hydrogen-bond donors (Lipinski definition) is 0. The number of rotatable bonds is 1. The van der Waals surface area contributed by atoms with Gasteiger partial charge in [-0.1, -0.05) is 43.3 Å². The van der Waals surface area contributed by atoms with Gasteiger partial charge in [0.25, 0.3) is 0 Å². The van der Waals surface area contributed by atoms with Crippen molar-refractivity contribution in [3.8, 4) is 11.4 Å². The zero-order chi connectivity index (χ0) is 16.6. The Labute approximate surface area is 136 Å². The molecule has 2 aromatic rings. The van der Waals surface area contributed by atoms with Gasteiger partial charge in [-0.25, -0.2) is 14.3 Å². The summed E-state index contributed by atoms with van der Waals surface area (Å²) >= 11 is 0. The molecule has 4 heteroatoms. The van der Waals surface area contributed by atoms with Crippen LogP contribution in [0.15, 0.2) is 36.4 Å². The van der Waals surface area contributed by atoms with Crippen LogP contribution in [0, 0.1) is 5.92 Å². The van der Waals surface area contributed by atoms with Crippen molar-refractivity contribution >= 4 is 12.2 Å². The molecule has 0 N–H and O–H groups in total. The van der Waals surface area contributed by atoms with Crippen LogP contribution in [0.2, 0.25) is 0 Å². The second kappa shape index (κ2) is 5.69. The molecule has 1 aliphatic carbocycles. The van der Waals surface area contributed by atoms with Crippen molar-refractivity contribution in [3.05, 3.63) is 47.8 Å². The van der Waals surface area contributed by atoms with Crippen LogP contribution in [0.3, 0.4) is 0 Å². The smallest absolute Gasteiger partial charge is 0.420 e. The van der Waals surface area contributed by atoms with Gasteiger partial charge in [0.15, 0.2) is 0 Å². The fraction of sp³-hybridized carbons (Fsp3) is 0.368. The number of fused-ring (bicyclic) bond motifs is 1. The lowest BCUT2D eigenvalue weighted by molar-refractivity contribution is 0.0535. The van der Waals surface area contributed by atoms with E-state index in [1.165, 1.54) is 0 Å². The number of ether oxygens (including phenoxy) is 1. The monoisotopic (exact) mass is 310 g/mol. The van der Waals surface area contributed by atoms with Crippen molar-refractivity contribution in [2.45, 2.75) is 39.7 Å². The molecular weight excluding hydrogens is 288 g/mol. The highest BCUT2D eigenvalue weighted by Gasteiger charge is 2.28. The predicted octanol–water partition coefficient (Wildman–Crippen LogP) is 4.54. The molecule has 1 aromatic carbocycles. The highest BCUT2D eigenvalue weighted by Crippen LogP contribution is 2.29. The normalized spacial score (nSPS) is 17.0. The average Bonchev–Trinajstić information content (AvgIpc) is 2.85. The summed E-state index contributed by atoms with van der Waals surface area (Å²) in [4.78, 5) is 17.5. The third-order valence-electron chi connectivity index (χ3n) is 3.71. The number of imidazole rings is 1. The van der Waals surface area contributed by atoms with E-state index in [1.54, 1.807) is 4.57 Å². The molecule has 3 rings (SSSR count). The molecule has 0 aliphatic heterocycles. The van der Waals surface area contributed by atoms with E-state index in [1.807, 2.05) is 57.2 Å². The molecule has 0 saturated carbocycles. The maximum Gasteiger partial charge on any atom is 0.420 e. The zero-order valence-electron chi connectivity index (χ0n) is 14.0. The van der Waals surface area contributed by atoms with Crippen LogP contribution >= 0.6 is 0 Å². The molecule has 1 unspecified atom stereocenters. The Kier molecular flexibility index (Phi) is 3.84. The standard InChI is InChI=1S/C19H22N2O2/c1-13-10-11-15-16(12-13)21(18(22)23-19(2,3)4)17(20-15)14-8-6-5-7-9-14/h5-11,13H,12H2,1-4H3. The highest BCUT2D eigenvalue weighted by atomic mass is 16.6. The van der Waals surface area contributed by atoms with Crippen molar-refractivity contribution < 1.29 is 9.53 Å². The van der Waals surface area contributed by atoms with Crippen molar-refractivity contribution in [2.24, 2.45) is 5.92 Å². The Morgan fingerprint density at radius 2 is 1.96 bits per heavy atom. The Morgan fingerprint density at radius 1 is 1.26 bits per heavy atom. The molecule has 4 nitrogen and oxygen atoms in total. The van der Waals surface area contributed by atoms with Crippen LogP contribution in [-0.2, 0) is 11.2 Å². The van der Waals surface area contributed by atoms with E-state index in [9.17, 15) is 4.79 Å². The van der Waals surface area contributed by atoms with Gasteiger partial charge in [-0.2, -0.15) is 0 Å². The molecular formula is C19H22N2O2. The Balaban J connectivity index is 2.13. The summed E-state index contributed by atoms with van der Waals surface area (Å²) in [6, 6.07) is 9.76. The summed E-state index contributed by atoms with van der Waals surface area (Å²) in [5.74, 6) is 1.02. The van der Waals surface area contributed by atoms with Crippen molar-refractivity contribution in [2.75, 3.05) is 0 Å². The third kappa shape index (κ3) is 3.21. The largest absolute Gasteiger partial charge is 0.443 e. The van der Waals surface area contributed by atoms with E-state index in [0.717, 1.165) is 23.4 Å². The Morgan fingerprint density at radius 3 is 2.61 bits per heavy atom. The average molecular weight is 310 g/mol. The van der Waals surface area contributed by atoms with E-state index in [4.69, 9.17) is 4.74 Å². The minimum absolute atomic E-state index is 0.368. The molecule has 0 fully saturated rings. The van der Waals surface area contributed by atoms with Crippen LogP contribution in [0.5, 0.6) is 0 Å². The number of carbonyl (C=O) groups excluding carboxylic acids is 1. The van der Waals surface area contributed by atoms with Gasteiger partial charge in [-0.05, 0) is 39.2 Å². The highest BCUT2D eigenvalue weighted by molar-refractivity contribution is 5.80.